The Bertz CT molecular complexity index is 412. The number of aryl methyl sites for hydroxylation is 1. The zero-order valence-corrected chi connectivity index (χ0v) is 10.6. The number of carboxylic acid groups (broad SMARTS) is 1. The lowest BCUT2D eigenvalue weighted by Gasteiger charge is -2.09. The summed E-state index contributed by atoms with van der Waals surface area (Å²) in [5, 5.41) is 8.54. The number of hydrogen-bond donors (Lipinski definition) is 2. The Balaban J connectivity index is 2.62. The van der Waals surface area contributed by atoms with Crippen molar-refractivity contribution in [2.75, 3.05) is 0 Å². The molecule has 0 aromatic heterocycles. The highest BCUT2D eigenvalue weighted by molar-refractivity contribution is 6.00. The van der Waals surface area contributed by atoms with Crippen molar-refractivity contribution < 1.29 is 14.7 Å². The van der Waals surface area contributed by atoms with Crippen LogP contribution in [-0.4, -0.2) is 22.9 Å². The van der Waals surface area contributed by atoms with Crippen LogP contribution < -0.4 is 5.73 Å². The molecule has 0 aliphatic carbocycles. The Morgan fingerprint density at radius 2 is 1.89 bits per heavy atom. The molecule has 1 atom stereocenters. The van der Waals surface area contributed by atoms with E-state index in [9.17, 15) is 9.59 Å². The first-order valence-corrected chi connectivity index (χ1v) is 6.15. The quantitative estimate of drug-likeness (QED) is 0.724. The van der Waals surface area contributed by atoms with E-state index in [0.717, 1.165) is 12.8 Å². The minimum atomic E-state index is -0.934. The van der Waals surface area contributed by atoms with Crippen molar-refractivity contribution in [3.63, 3.8) is 0 Å². The molecule has 98 valence electrons. The number of carbonyl (C=O) groups excluding carboxylic acids is 1. The average Bonchev–Trinajstić information content (AvgIpc) is 2.36. The summed E-state index contributed by atoms with van der Waals surface area (Å²) in [4.78, 5) is 22.3. The lowest BCUT2D eigenvalue weighted by atomic mass is 9.99. The summed E-state index contributed by atoms with van der Waals surface area (Å²) in [7, 11) is 0. The Morgan fingerprint density at radius 1 is 1.28 bits per heavy atom. The second-order valence-corrected chi connectivity index (χ2v) is 4.35. The SMILES string of the molecule is CCCc1ccc(C(=O)C(N)CCC(=O)O)cc1. The van der Waals surface area contributed by atoms with Crippen LogP contribution >= 0.6 is 0 Å². The van der Waals surface area contributed by atoms with Gasteiger partial charge in [0.2, 0.25) is 0 Å². The van der Waals surface area contributed by atoms with Gasteiger partial charge in [0.1, 0.15) is 0 Å². The van der Waals surface area contributed by atoms with Gasteiger partial charge in [-0.1, -0.05) is 37.6 Å². The number of carbonyl (C=O) groups is 2. The van der Waals surface area contributed by atoms with Crippen LogP contribution in [0, 0.1) is 0 Å². The molecule has 1 rings (SSSR count). The van der Waals surface area contributed by atoms with E-state index >= 15 is 0 Å². The third-order valence-electron chi connectivity index (χ3n) is 2.78. The molecule has 4 nitrogen and oxygen atoms in total. The first-order valence-electron chi connectivity index (χ1n) is 6.15. The maximum Gasteiger partial charge on any atom is 0.303 e. The van der Waals surface area contributed by atoms with Crippen molar-refractivity contribution in [1.82, 2.24) is 0 Å². The third kappa shape index (κ3) is 4.30. The molecule has 0 aliphatic heterocycles. The Labute approximate surface area is 107 Å². The van der Waals surface area contributed by atoms with E-state index in [-0.39, 0.29) is 18.6 Å². The molecule has 0 radical (unpaired) electrons. The second kappa shape index (κ2) is 6.91. The molecule has 0 saturated carbocycles. The van der Waals surface area contributed by atoms with E-state index in [4.69, 9.17) is 10.8 Å². The number of aliphatic carboxylic acids is 1. The molecular weight excluding hydrogens is 230 g/mol. The lowest BCUT2D eigenvalue weighted by Crippen LogP contribution is -2.31. The van der Waals surface area contributed by atoms with Crippen LogP contribution in [0.2, 0.25) is 0 Å². The molecule has 3 N–H and O–H groups in total. The number of hydrogen-bond acceptors (Lipinski definition) is 3. The van der Waals surface area contributed by atoms with E-state index in [0.29, 0.717) is 5.56 Å². The summed E-state index contributed by atoms with van der Waals surface area (Å²) in [6, 6.07) is 6.61. The van der Waals surface area contributed by atoms with Crippen LogP contribution in [0.1, 0.15) is 42.1 Å². The van der Waals surface area contributed by atoms with Gasteiger partial charge in [-0.2, -0.15) is 0 Å². The molecule has 1 unspecified atom stereocenters. The smallest absolute Gasteiger partial charge is 0.303 e. The highest BCUT2D eigenvalue weighted by Gasteiger charge is 2.16. The van der Waals surface area contributed by atoms with E-state index in [2.05, 4.69) is 6.92 Å². The van der Waals surface area contributed by atoms with E-state index in [1.54, 1.807) is 12.1 Å². The van der Waals surface area contributed by atoms with Crippen LogP contribution in [-0.2, 0) is 11.2 Å². The van der Waals surface area contributed by atoms with Crippen LogP contribution in [0.4, 0.5) is 0 Å². The number of benzene rings is 1. The predicted octanol–water partition coefficient (Wildman–Crippen LogP) is 2.01. The van der Waals surface area contributed by atoms with Crippen molar-refractivity contribution in [2.45, 2.75) is 38.6 Å². The Morgan fingerprint density at radius 3 is 2.39 bits per heavy atom. The highest BCUT2D eigenvalue weighted by atomic mass is 16.4. The van der Waals surface area contributed by atoms with Gasteiger partial charge < -0.3 is 10.8 Å². The van der Waals surface area contributed by atoms with Gasteiger partial charge in [-0.25, -0.2) is 0 Å². The van der Waals surface area contributed by atoms with Crippen LogP contribution in [0.3, 0.4) is 0 Å². The summed E-state index contributed by atoms with van der Waals surface area (Å²) in [5.74, 6) is -1.13. The normalized spacial score (nSPS) is 12.1. The Kier molecular flexibility index (Phi) is 5.52. The van der Waals surface area contributed by atoms with Crippen molar-refractivity contribution >= 4 is 11.8 Å². The fourth-order valence-electron chi connectivity index (χ4n) is 1.75. The second-order valence-electron chi connectivity index (χ2n) is 4.35. The minimum absolute atomic E-state index is 0.0825. The van der Waals surface area contributed by atoms with Crippen molar-refractivity contribution in [1.29, 1.82) is 0 Å². The molecular formula is C14H19NO3. The van der Waals surface area contributed by atoms with Gasteiger partial charge in [0.15, 0.2) is 5.78 Å². The number of rotatable bonds is 7. The monoisotopic (exact) mass is 249 g/mol. The van der Waals surface area contributed by atoms with Gasteiger partial charge in [-0.05, 0) is 18.4 Å². The molecule has 0 fully saturated rings. The minimum Gasteiger partial charge on any atom is -0.481 e. The molecule has 4 heteroatoms. The fourth-order valence-corrected chi connectivity index (χ4v) is 1.75. The number of carboxylic acids is 1. The van der Waals surface area contributed by atoms with Gasteiger partial charge >= 0.3 is 5.97 Å². The van der Waals surface area contributed by atoms with Gasteiger partial charge in [-0.15, -0.1) is 0 Å². The zero-order valence-electron chi connectivity index (χ0n) is 10.6. The molecule has 0 amide bonds. The topological polar surface area (TPSA) is 80.4 Å². The maximum atomic E-state index is 11.9. The van der Waals surface area contributed by atoms with Gasteiger partial charge in [0.25, 0.3) is 0 Å². The average molecular weight is 249 g/mol. The van der Waals surface area contributed by atoms with Gasteiger partial charge in [0.05, 0.1) is 6.04 Å². The number of Topliss-reactive ketones (excluding diaryl/α,β-unsaturated/α-hetero) is 1. The van der Waals surface area contributed by atoms with Crippen molar-refractivity contribution in [3.05, 3.63) is 35.4 Å². The first kappa shape index (κ1) is 14.4. The molecule has 0 aliphatic rings. The summed E-state index contributed by atoms with van der Waals surface area (Å²) in [6.07, 6.45) is 2.14. The number of nitrogens with two attached hydrogens (primary N) is 1. The zero-order chi connectivity index (χ0) is 13.5. The molecule has 0 saturated heterocycles. The first-order chi connectivity index (χ1) is 8.54. The van der Waals surface area contributed by atoms with Gasteiger partial charge in [0, 0.05) is 12.0 Å². The molecule has 18 heavy (non-hydrogen) atoms. The summed E-state index contributed by atoms with van der Waals surface area (Å²) < 4.78 is 0. The Hall–Kier alpha value is -1.68. The van der Waals surface area contributed by atoms with E-state index < -0.39 is 12.0 Å². The molecule has 1 aromatic carbocycles. The summed E-state index contributed by atoms with van der Waals surface area (Å²) in [5.41, 5.74) is 7.42. The van der Waals surface area contributed by atoms with Crippen LogP contribution in [0.25, 0.3) is 0 Å². The number of ketones is 1. The summed E-state index contributed by atoms with van der Waals surface area (Å²) in [6.45, 7) is 2.10. The fraction of sp³-hybridized carbons (Fsp3) is 0.429. The third-order valence-corrected chi connectivity index (χ3v) is 2.78. The van der Waals surface area contributed by atoms with Gasteiger partial charge in [-0.3, -0.25) is 9.59 Å². The largest absolute Gasteiger partial charge is 0.481 e. The lowest BCUT2D eigenvalue weighted by molar-refractivity contribution is -0.137. The van der Waals surface area contributed by atoms with E-state index in [1.165, 1.54) is 5.56 Å². The molecule has 1 aromatic rings. The van der Waals surface area contributed by atoms with Crippen LogP contribution in [0.15, 0.2) is 24.3 Å². The van der Waals surface area contributed by atoms with Crippen LogP contribution in [0.5, 0.6) is 0 Å². The molecule has 0 spiro atoms. The standard InChI is InChI=1S/C14H19NO3/c1-2-3-10-4-6-11(7-5-10)14(18)12(15)8-9-13(16)17/h4-7,12H,2-3,8-9,15H2,1H3,(H,16,17). The van der Waals surface area contributed by atoms with Crippen molar-refractivity contribution in [3.8, 4) is 0 Å². The maximum absolute atomic E-state index is 11.9. The van der Waals surface area contributed by atoms with E-state index in [1.807, 2.05) is 12.1 Å². The van der Waals surface area contributed by atoms with Crippen molar-refractivity contribution in [2.24, 2.45) is 5.73 Å². The molecule has 0 bridgehead atoms. The molecule has 0 heterocycles. The predicted molar refractivity (Wildman–Crippen MR) is 69.6 cm³/mol. The summed E-state index contributed by atoms with van der Waals surface area (Å²) >= 11 is 0. The highest BCUT2D eigenvalue weighted by Crippen LogP contribution is 2.10.